The lowest BCUT2D eigenvalue weighted by molar-refractivity contribution is -0.118. The summed E-state index contributed by atoms with van der Waals surface area (Å²) < 4.78 is 7.00. The van der Waals surface area contributed by atoms with Gasteiger partial charge >= 0.3 is 0 Å². The zero-order chi connectivity index (χ0) is 14.7. The first kappa shape index (κ1) is 13.2. The summed E-state index contributed by atoms with van der Waals surface area (Å²) in [6, 6.07) is 6.93. The van der Waals surface area contributed by atoms with Gasteiger partial charge in [-0.05, 0) is 18.2 Å². The molecule has 1 aromatic carbocycles. The monoisotopic (exact) mass is 286 g/mol. The number of carbonyl (C=O) groups is 2. The highest BCUT2D eigenvalue weighted by atomic mass is 16.5. The van der Waals surface area contributed by atoms with E-state index < -0.39 is 0 Å². The summed E-state index contributed by atoms with van der Waals surface area (Å²) in [6.07, 6.45) is 3.81. The molecule has 1 aliphatic rings. The maximum absolute atomic E-state index is 11.9. The number of carbonyl (C=O) groups excluding carboxylic acids is 2. The first-order valence-corrected chi connectivity index (χ1v) is 6.55. The molecule has 0 unspecified atom stereocenters. The Bertz CT molecular complexity index is 667. The minimum Gasteiger partial charge on any atom is -0.482 e. The van der Waals surface area contributed by atoms with E-state index >= 15 is 0 Å². The van der Waals surface area contributed by atoms with Crippen LogP contribution in [0.3, 0.4) is 0 Å². The molecule has 7 heteroatoms. The number of hydrogen-bond acceptors (Lipinski definition) is 4. The standard InChI is InChI=1S/C14H14N4O3/c19-13(4-7-18-6-1-5-15-18)16-10-2-3-11-12(8-10)21-9-14(20)17-11/h1-3,5-6,8H,4,7,9H2,(H,16,19)(H,17,20). The summed E-state index contributed by atoms with van der Waals surface area (Å²) in [7, 11) is 0. The van der Waals surface area contributed by atoms with Crippen LogP contribution in [0, 0.1) is 0 Å². The number of nitrogens with one attached hydrogen (secondary N) is 2. The Morgan fingerprint density at radius 2 is 2.38 bits per heavy atom. The van der Waals surface area contributed by atoms with Gasteiger partial charge in [-0.25, -0.2) is 0 Å². The van der Waals surface area contributed by atoms with Crippen LogP contribution in [0.5, 0.6) is 5.75 Å². The first-order chi connectivity index (χ1) is 10.2. The smallest absolute Gasteiger partial charge is 0.262 e. The van der Waals surface area contributed by atoms with Gasteiger partial charge in [-0.15, -0.1) is 0 Å². The maximum atomic E-state index is 11.9. The van der Waals surface area contributed by atoms with Crippen molar-refractivity contribution in [2.45, 2.75) is 13.0 Å². The van der Waals surface area contributed by atoms with E-state index in [1.165, 1.54) is 0 Å². The Morgan fingerprint density at radius 3 is 3.19 bits per heavy atom. The lowest BCUT2D eigenvalue weighted by Gasteiger charge is -2.18. The van der Waals surface area contributed by atoms with E-state index in [9.17, 15) is 9.59 Å². The highest BCUT2D eigenvalue weighted by Crippen LogP contribution is 2.30. The van der Waals surface area contributed by atoms with Crippen molar-refractivity contribution in [3.63, 3.8) is 0 Å². The lowest BCUT2D eigenvalue weighted by Crippen LogP contribution is -2.25. The summed E-state index contributed by atoms with van der Waals surface area (Å²) in [6.45, 7) is 0.514. The van der Waals surface area contributed by atoms with Gasteiger partial charge in [0.1, 0.15) is 5.75 Å². The number of aromatic nitrogens is 2. The van der Waals surface area contributed by atoms with E-state index in [1.54, 1.807) is 29.1 Å². The van der Waals surface area contributed by atoms with Gasteiger partial charge in [0, 0.05) is 37.1 Å². The highest BCUT2D eigenvalue weighted by Gasteiger charge is 2.16. The molecule has 7 nitrogen and oxygen atoms in total. The lowest BCUT2D eigenvalue weighted by atomic mass is 10.2. The fourth-order valence-electron chi connectivity index (χ4n) is 2.02. The zero-order valence-electron chi connectivity index (χ0n) is 11.2. The quantitative estimate of drug-likeness (QED) is 0.885. The summed E-state index contributed by atoms with van der Waals surface area (Å²) in [5.74, 6) is 0.267. The van der Waals surface area contributed by atoms with E-state index in [0.717, 1.165) is 0 Å². The molecule has 108 valence electrons. The molecule has 2 aromatic rings. The molecule has 0 bridgehead atoms. The molecule has 0 saturated heterocycles. The van der Waals surface area contributed by atoms with Crippen molar-refractivity contribution in [1.29, 1.82) is 0 Å². The molecule has 1 aromatic heterocycles. The van der Waals surface area contributed by atoms with Crippen molar-refractivity contribution < 1.29 is 14.3 Å². The molecular formula is C14H14N4O3. The molecule has 0 saturated carbocycles. The second-order valence-electron chi connectivity index (χ2n) is 4.62. The van der Waals surface area contributed by atoms with Crippen LogP contribution in [0.15, 0.2) is 36.7 Å². The van der Waals surface area contributed by atoms with Crippen LogP contribution in [0.25, 0.3) is 0 Å². The zero-order valence-corrected chi connectivity index (χ0v) is 11.2. The van der Waals surface area contributed by atoms with Crippen molar-refractivity contribution in [1.82, 2.24) is 9.78 Å². The molecule has 0 fully saturated rings. The normalized spacial score (nSPS) is 13.0. The Hall–Kier alpha value is -2.83. The summed E-state index contributed by atoms with van der Waals surface area (Å²) in [4.78, 5) is 23.0. The van der Waals surface area contributed by atoms with Gasteiger partial charge < -0.3 is 15.4 Å². The fourth-order valence-corrected chi connectivity index (χ4v) is 2.02. The van der Waals surface area contributed by atoms with E-state index in [2.05, 4.69) is 15.7 Å². The molecular weight excluding hydrogens is 272 g/mol. The van der Waals surface area contributed by atoms with Gasteiger partial charge in [-0.2, -0.15) is 5.10 Å². The minimum atomic E-state index is -0.182. The SMILES string of the molecule is O=C(CCn1cccn1)Nc1ccc2c(c1)OCC(=O)N2. The van der Waals surface area contributed by atoms with Gasteiger partial charge in [0.2, 0.25) is 5.91 Å². The second-order valence-corrected chi connectivity index (χ2v) is 4.62. The first-order valence-electron chi connectivity index (χ1n) is 6.55. The molecule has 0 atom stereocenters. The Balaban J connectivity index is 1.60. The molecule has 0 spiro atoms. The fraction of sp³-hybridized carbons (Fsp3) is 0.214. The molecule has 21 heavy (non-hydrogen) atoms. The van der Waals surface area contributed by atoms with E-state index in [4.69, 9.17) is 4.74 Å². The van der Waals surface area contributed by atoms with Crippen LogP contribution in [-0.2, 0) is 16.1 Å². The predicted molar refractivity (Wildman–Crippen MR) is 76.0 cm³/mol. The third-order valence-electron chi connectivity index (χ3n) is 3.03. The van der Waals surface area contributed by atoms with Gasteiger partial charge in [-0.3, -0.25) is 14.3 Å². The van der Waals surface area contributed by atoms with E-state index in [0.29, 0.717) is 30.1 Å². The largest absolute Gasteiger partial charge is 0.482 e. The van der Waals surface area contributed by atoms with Gasteiger partial charge in [-0.1, -0.05) is 0 Å². The van der Waals surface area contributed by atoms with Crippen LogP contribution < -0.4 is 15.4 Å². The van der Waals surface area contributed by atoms with Crippen LogP contribution in [-0.4, -0.2) is 28.2 Å². The molecule has 0 radical (unpaired) electrons. The molecule has 0 aliphatic carbocycles. The average Bonchev–Trinajstić information content (AvgIpc) is 2.99. The van der Waals surface area contributed by atoms with Crippen LogP contribution in [0.4, 0.5) is 11.4 Å². The van der Waals surface area contributed by atoms with Crippen LogP contribution >= 0.6 is 0 Å². The van der Waals surface area contributed by atoms with Gasteiger partial charge in [0.05, 0.1) is 5.69 Å². The summed E-state index contributed by atoms with van der Waals surface area (Å²) in [5, 5.41) is 9.53. The van der Waals surface area contributed by atoms with Gasteiger partial charge in [0.15, 0.2) is 6.61 Å². The number of hydrogen-bond donors (Lipinski definition) is 2. The number of ether oxygens (including phenoxy) is 1. The van der Waals surface area contributed by atoms with E-state index in [-0.39, 0.29) is 18.4 Å². The van der Waals surface area contributed by atoms with Crippen LogP contribution in [0.2, 0.25) is 0 Å². The molecule has 2 heterocycles. The second kappa shape index (κ2) is 5.66. The molecule has 3 rings (SSSR count). The molecule has 1 aliphatic heterocycles. The average molecular weight is 286 g/mol. The minimum absolute atomic E-state index is 0.0102. The number of rotatable bonds is 4. The van der Waals surface area contributed by atoms with Crippen molar-refractivity contribution in [2.75, 3.05) is 17.2 Å². The number of aryl methyl sites for hydroxylation is 1. The topological polar surface area (TPSA) is 85.2 Å². The molecule has 2 N–H and O–H groups in total. The van der Waals surface area contributed by atoms with Crippen molar-refractivity contribution in [2.24, 2.45) is 0 Å². The van der Waals surface area contributed by atoms with Crippen LogP contribution in [0.1, 0.15) is 6.42 Å². The van der Waals surface area contributed by atoms with E-state index in [1.807, 2.05) is 12.3 Å². The number of fused-ring (bicyclic) bond motifs is 1. The highest BCUT2D eigenvalue weighted by molar-refractivity contribution is 5.97. The Morgan fingerprint density at radius 1 is 1.48 bits per heavy atom. The summed E-state index contributed by atoms with van der Waals surface area (Å²) in [5.41, 5.74) is 1.25. The predicted octanol–water partition coefficient (Wildman–Crippen LogP) is 1.24. The van der Waals surface area contributed by atoms with Gasteiger partial charge in [0.25, 0.3) is 5.91 Å². The molecule has 2 amide bonds. The number of anilines is 2. The van der Waals surface area contributed by atoms with Crippen molar-refractivity contribution in [3.05, 3.63) is 36.7 Å². The maximum Gasteiger partial charge on any atom is 0.262 e. The number of benzene rings is 1. The number of amides is 2. The Kier molecular flexibility index (Phi) is 3.55. The van der Waals surface area contributed by atoms with Crippen molar-refractivity contribution >= 4 is 23.2 Å². The number of nitrogens with zero attached hydrogens (tertiary/aromatic N) is 2. The Labute approximate surface area is 120 Å². The van der Waals surface area contributed by atoms with Crippen molar-refractivity contribution in [3.8, 4) is 5.75 Å². The summed E-state index contributed by atoms with van der Waals surface area (Å²) >= 11 is 0. The third kappa shape index (κ3) is 3.19. The third-order valence-corrected chi connectivity index (χ3v) is 3.03.